The molecule has 0 saturated heterocycles. The molecule has 0 bridgehead atoms. The SMILES string of the molecule is Cc1ccc(COC(=O)Nc2ccc(CNC(=O)c3cnc(C)o3)cc2)cc1.[HH].[HH]. The van der Waals surface area contributed by atoms with E-state index in [2.05, 4.69) is 15.6 Å². The molecule has 2 aromatic carbocycles. The molecule has 0 saturated carbocycles. The van der Waals surface area contributed by atoms with E-state index in [1.54, 1.807) is 19.1 Å². The molecule has 0 spiro atoms. The quantitative estimate of drug-likeness (QED) is 0.655. The lowest BCUT2D eigenvalue weighted by Crippen LogP contribution is -2.22. The van der Waals surface area contributed by atoms with Gasteiger partial charge in [-0.2, -0.15) is 0 Å². The average molecular weight is 383 g/mol. The summed E-state index contributed by atoms with van der Waals surface area (Å²) in [7, 11) is 0. The van der Waals surface area contributed by atoms with Gasteiger partial charge in [0, 0.05) is 22.0 Å². The van der Waals surface area contributed by atoms with Crippen LogP contribution in [0.15, 0.2) is 59.1 Å². The van der Waals surface area contributed by atoms with E-state index >= 15 is 0 Å². The summed E-state index contributed by atoms with van der Waals surface area (Å²) in [6.07, 6.45) is 0.863. The maximum absolute atomic E-state index is 11.9. The van der Waals surface area contributed by atoms with Gasteiger partial charge in [-0.25, -0.2) is 9.78 Å². The Kier molecular flexibility index (Phi) is 6.06. The second-order valence-electron chi connectivity index (χ2n) is 6.31. The van der Waals surface area contributed by atoms with Crippen LogP contribution in [-0.4, -0.2) is 17.0 Å². The number of carbonyl (C=O) groups is 2. The Morgan fingerprint density at radius 1 is 1.04 bits per heavy atom. The number of hydrogen-bond acceptors (Lipinski definition) is 5. The molecule has 0 fully saturated rings. The van der Waals surface area contributed by atoms with E-state index in [9.17, 15) is 9.59 Å². The van der Waals surface area contributed by atoms with Crippen LogP contribution in [0.3, 0.4) is 0 Å². The highest BCUT2D eigenvalue weighted by molar-refractivity contribution is 5.91. The molecular weight excluding hydrogens is 358 g/mol. The number of hydrogen-bond donors (Lipinski definition) is 2. The summed E-state index contributed by atoms with van der Waals surface area (Å²) in [5.74, 6) is 0.282. The van der Waals surface area contributed by atoms with Crippen molar-refractivity contribution in [2.24, 2.45) is 0 Å². The van der Waals surface area contributed by atoms with Crippen LogP contribution in [0.5, 0.6) is 0 Å². The first kappa shape index (κ1) is 19.2. The molecule has 0 aliphatic rings. The number of amides is 2. The van der Waals surface area contributed by atoms with E-state index < -0.39 is 6.09 Å². The van der Waals surface area contributed by atoms with Gasteiger partial charge < -0.3 is 14.5 Å². The molecule has 7 nitrogen and oxygen atoms in total. The fourth-order valence-electron chi connectivity index (χ4n) is 2.43. The van der Waals surface area contributed by atoms with Gasteiger partial charge in [0.05, 0.1) is 6.20 Å². The number of oxazole rings is 1. The summed E-state index contributed by atoms with van der Waals surface area (Å²) in [5.41, 5.74) is 3.56. The molecule has 3 aromatic rings. The summed E-state index contributed by atoms with van der Waals surface area (Å²) in [6, 6.07) is 14.9. The molecule has 0 unspecified atom stereocenters. The van der Waals surface area contributed by atoms with Gasteiger partial charge in [0.1, 0.15) is 6.61 Å². The number of nitrogens with one attached hydrogen (secondary N) is 2. The molecule has 28 heavy (non-hydrogen) atoms. The van der Waals surface area contributed by atoms with Crippen molar-refractivity contribution in [3.8, 4) is 0 Å². The fourth-order valence-corrected chi connectivity index (χ4v) is 2.43. The Balaban J connectivity index is 0.00000225. The van der Waals surface area contributed by atoms with Crippen LogP contribution in [0, 0.1) is 13.8 Å². The molecular formula is C21H25N3O4. The second kappa shape index (κ2) is 8.85. The van der Waals surface area contributed by atoms with Crippen LogP contribution in [0.4, 0.5) is 10.5 Å². The Morgan fingerprint density at radius 2 is 1.71 bits per heavy atom. The van der Waals surface area contributed by atoms with Crippen molar-refractivity contribution in [1.29, 1.82) is 0 Å². The normalized spacial score (nSPS) is 10.4. The van der Waals surface area contributed by atoms with E-state index in [1.165, 1.54) is 6.20 Å². The molecule has 0 radical (unpaired) electrons. The molecule has 3 rings (SSSR count). The minimum atomic E-state index is -0.526. The predicted octanol–water partition coefficient (Wildman–Crippen LogP) is 4.46. The van der Waals surface area contributed by atoms with E-state index in [4.69, 9.17) is 9.15 Å². The van der Waals surface area contributed by atoms with Gasteiger partial charge in [-0.05, 0) is 30.2 Å². The van der Waals surface area contributed by atoms with Crippen molar-refractivity contribution in [2.75, 3.05) is 5.32 Å². The first-order valence-electron chi connectivity index (χ1n) is 8.78. The minimum absolute atomic E-state index is 0. The van der Waals surface area contributed by atoms with Crippen molar-refractivity contribution in [1.82, 2.24) is 10.3 Å². The van der Waals surface area contributed by atoms with Gasteiger partial charge in [-0.1, -0.05) is 42.0 Å². The van der Waals surface area contributed by atoms with E-state index in [1.807, 2.05) is 43.3 Å². The van der Waals surface area contributed by atoms with Crippen LogP contribution >= 0.6 is 0 Å². The maximum atomic E-state index is 11.9. The molecule has 1 heterocycles. The van der Waals surface area contributed by atoms with Gasteiger partial charge in [0.25, 0.3) is 5.91 Å². The largest absolute Gasteiger partial charge is 0.444 e. The number of ether oxygens (including phenoxy) is 1. The lowest BCUT2D eigenvalue weighted by atomic mass is 10.2. The smallest absolute Gasteiger partial charge is 0.411 e. The highest BCUT2D eigenvalue weighted by atomic mass is 16.5. The molecule has 0 aliphatic heterocycles. The maximum Gasteiger partial charge on any atom is 0.411 e. The van der Waals surface area contributed by atoms with E-state index in [0.717, 1.165) is 16.7 Å². The Bertz CT molecular complexity index is 957. The lowest BCUT2D eigenvalue weighted by molar-refractivity contribution is 0.0922. The van der Waals surface area contributed by atoms with Crippen LogP contribution < -0.4 is 10.6 Å². The Morgan fingerprint density at radius 3 is 2.36 bits per heavy atom. The standard InChI is InChI=1S/C21H21N3O4.2H2/c1-14-3-5-17(6-4-14)13-27-21(26)24-18-9-7-16(8-10-18)11-23-20(25)19-12-22-15(2)28-19;;/h3-10,12H,11,13H2,1-2H3,(H,23,25)(H,24,26);2*1H. The number of anilines is 1. The number of benzene rings is 2. The lowest BCUT2D eigenvalue weighted by Gasteiger charge is -2.08. The van der Waals surface area contributed by atoms with Gasteiger partial charge in [0.15, 0.2) is 5.89 Å². The molecule has 2 amide bonds. The molecule has 7 heteroatoms. The second-order valence-corrected chi connectivity index (χ2v) is 6.31. The Labute approximate surface area is 165 Å². The van der Waals surface area contributed by atoms with Crippen molar-refractivity contribution < 1.29 is 21.6 Å². The molecule has 2 N–H and O–H groups in total. The summed E-state index contributed by atoms with van der Waals surface area (Å²) in [4.78, 5) is 27.7. The van der Waals surface area contributed by atoms with Crippen LogP contribution in [0.25, 0.3) is 0 Å². The third-order valence-electron chi connectivity index (χ3n) is 3.99. The highest BCUT2D eigenvalue weighted by Crippen LogP contribution is 2.11. The molecule has 0 atom stereocenters. The predicted molar refractivity (Wildman–Crippen MR) is 108 cm³/mol. The van der Waals surface area contributed by atoms with Gasteiger partial charge in [0.2, 0.25) is 5.76 Å². The zero-order valence-electron chi connectivity index (χ0n) is 15.7. The first-order chi connectivity index (χ1) is 13.5. The van der Waals surface area contributed by atoms with Crippen molar-refractivity contribution in [2.45, 2.75) is 27.0 Å². The van der Waals surface area contributed by atoms with Gasteiger partial charge in [-0.15, -0.1) is 0 Å². The van der Waals surface area contributed by atoms with Crippen LogP contribution in [0.2, 0.25) is 0 Å². The number of nitrogens with zero attached hydrogens (tertiary/aromatic N) is 1. The first-order valence-corrected chi connectivity index (χ1v) is 8.78. The van der Waals surface area contributed by atoms with Crippen LogP contribution in [-0.2, 0) is 17.9 Å². The summed E-state index contributed by atoms with van der Waals surface area (Å²) < 4.78 is 10.4. The number of rotatable bonds is 6. The summed E-state index contributed by atoms with van der Waals surface area (Å²) in [5, 5.41) is 5.42. The van der Waals surface area contributed by atoms with Gasteiger partial charge in [-0.3, -0.25) is 10.1 Å². The molecule has 0 aliphatic carbocycles. The number of aryl methyl sites for hydroxylation is 2. The third-order valence-corrected chi connectivity index (χ3v) is 3.99. The zero-order chi connectivity index (χ0) is 19.9. The van der Waals surface area contributed by atoms with E-state index in [-0.39, 0.29) is 21.1 Å². The summed E-state index contributed by atoms with van der Waals surface area (Å²) >= 11 is 0. The molecule has 1 aromatic heterocycles. The van der Waals surface area contributed by atoms with Gasteiger partial charge >= 0.3 is 6.09 Å². The fraction of sp³-hybridized carbons (Fsp3) is 0.190. The number of carbonyl (C=O) groups excluding carboxylic acids is 2. The van der Waals surface area contributed by atoms with Crippen LogP contribution in [0.1, 0.15) is 36.0 Å². The third kappa shape index (κ3) is 5.44. The topological polar surface area (TPSA) is 93.5 Å². The molecule has 148 valence electrons. The number of aromatic nitrogens is 1. The van der Waals surface area contributed by atoms with Crippen molar-refractivity contribution in [3.05, 3.63) is 83.1 Å². The van der Waals surface area contributed by atoms with Crippen molar-refractivity contribution >= 4 is 17.7 Å². The Hall–Kier alpha value is -3.61. The monoisotopic (exact) mass is 383 g/mol. The zero-order valence-corrected chi connectivity index (χ0v) is 15.7. The highest BCUT2D eigenvalue weighted by Gasteiger charge is 2.10. The minimum Gasteiger partial charge on any atom is -0.444 e. The van der Waals surface area contributed by atoms with Crippen molar-refractivity contribution in [3.63, 3.8) is 0 Å². The summed E-state index contributed by atoms with van der Waals surface area (Å²) in [6.45, 7) is 4.21. The average Bonchev–Trinajstić information content (AvgIpc) is 3.13. The van der Waals surface area contributed by atoms with E-state index in [0.29, 0.717) is 18.1 Å².